The van der Waals surface area contributed by atoms with Gasteiger partial charge in [-0.3, -0.25) is 10.00 Å². The Kier molecular flexibility index (Phi) is 6.64. The molecule has 1 saturated heterocycles. The van der Waals surface area contributed by atoms with Gasteiger partial charge >= 0.3 is 0 Å². The van der Waals surface area contributed by atoms with Crippen molar-refractivity contribution in [1.29, 1.82) is 0 Å². The molecule has 1 aliphatic heterocycles. The number of rotatable bonds is 5. The molecule has 0 amide bonds. The van der Waals surface area contributed by atoms with Gasteiger partial charge in [0.1, 0.15) is 12.1 Å². The first-order chi connectivity index (χ1) is 15.5. The van der Waals surface area contributed by atoms with Crippen molar-refractivity contribution in [3.63, 3.8) is 0 Å². The van der Waals surface area contributed by atoms with Crippen LogP contribution in [0.25, 0.3) is 22.0 Å². The van der Waals surface area contributed by atoms with E-state index < -0.39 is 9.84 Å². The van der Waals surface area contributed by atoms with Crippen LogP contribution in [0, 0.1) is 0 Å². The topological polar surface area (TPSA) is 95.1 Å². The molecule has 174 valence electrons. The van der Waals surface area contributed by atoms with Crippen LogP contribution in [-0.2, 0) is 16.4 Å². The summed E-state index contributed by atoms with van der Waals surface area (Å²) in [4.78, 5) is 14.1. The average Bonchev–Trinajstić information content (AvgIpc) is 3.34. The normalized spacial score (nSPS) is 14.9. The van der Waals surface area contributed by atoms with Crippen LogP contribution in [-0.4, -0.2) is 65.9 Å². The predicted octanol–water partition coefficient (Wildman–Crippen LogP) is 3.28. The maximum absolute atomic E-state index is 11.7. The molecule has 2 aromatic carbocycles. The molecule has 0 atom stereocenters. The molecule has 8 nitrogen and oxygen atoms in total. The molecule has 1 fully saturated rings. The van der Waals surface area contributed by atoms with E-state index in [0.29, 0.717) is 4.90 Å². The van der Waals surface area contributed by atoms with Crippen LogP contribution in [0.3, 0.4) is 0 Å². The number of aromatic amines is 1. The van der Waals surface area contributed by atoms with Crippen molar-refractivity contribution < 1.29 is 9.84 Å². The minimum absolute atomic E-state index is 0. The second-order valence-electron chi connectivity index (χ2n) is 8.10. The van der Waals surface area contributed by atoms with Crippen molar-refractivity contribution in [3.8, 4) is 11.1 Å². The lowest BCUT2D eigenvalue weighted by molar-refractivity contribution is 0.249. The van der Waals surface area contributed by atoms with E-state index in [0.717, 1.165) is 66.1 Å². The molecule has 0 aliphatic carbocycles. The fourth-order valence-electron chi connectivity index (χ4n) is 4.10. The third-order valence-electron chi connectivity index (χ3n) is 5.88. The van der Waals surface area contributed by atoms with E-state index in [2.05, 4.69) is 42.1 Å². The lowest BCUT2D eigenvalue weighted by Crippen LogP contribution is -2.46. The van der Waals surface area contributed by atoms with Gasteiger partial charge in [-0.1, -0.05) is 18.2 Å². The van der Waals surface area contributed by atoms with Crippen LogP contribution >= 0.6 is 12.4 Å². The van der Waals surface area contributed by atoms with Gasteiger partial charge in [0.2, 0.25) is 0 Å². The minimum Gasteiger partial charge on any atom is -1.00 e. The Morgan fingerprint density at radius 2 is 1.76 bits per heavy atom. The monoisotopic (exact) mass is 485 g/mol. The molecule has 10 heteroatoms. The summed E-state index contributed by atoms with van der Waals surface area (Å²) in [6, 6.07) is 13.4. The minimum atomic E-state index is -3.16. The molecule has 1 N–H and O–H groups in total. The third-order valence-corrected chi connectivity index (χ3v) is 7.00. The zero-order valence-electron chi connectivity index (χ0n) is 19.2. The van der Waals surface area contributed by atoms with E-state index in [1.165, 1.54) is 6.26 Å². The Morgan fingerprint density at radius 1 is 1.00 bits per heavy atom. The van der Waals surface area contributed by atoms with Crippen molar-refractivity contribution in [2.75, 3.05) is 37.3 Å². The second kappa shape index (κ2) is 9.46. The Morgan fingerprint density at radius 3 is 2.42 bits per heavy atom. The highest BCUT2D eigenvalue weighted by Crippen LogP contribution is 2.29. The van der Waals surface area contributed by atoms with Gasteiger partial charge in [0, 0.05) is 56.1 Å². The Balaban J connectivity index is 0.00000162. The number of hydrogen-bond acceptors (Lipinski definition) is 7. The third kappa shape index (κ3) is 5.00. The summed E-state index contributed by atoms with van der Waals surface area (Å²) in [5, 5.41) is 7.95. The van der Waals surface area contributed by atoms with Crippen molar-refractivity contribution in [3.05, 3.63) is 66.7 Å². The maximum Gasteiger partial charge on any atom is 0.175 e. The van der Waals surface area contributed by atoms with E-state index in [1.807, 2.05) is 30.6 Å². The first-order valence-electron chi connectivity index (χ1n) is 10.5. The van der Waals surface area contributed by atoms with Crippen molar-refractivity contribution in [2.45, 2.75) is 11.4 Å². The molecule has 0 unspecified atom stereocenters. The number of anilines is 1. The van der Waals surface area contributed by atoms with Gasteiger partial charge in [-0.15, -0.1) is 12.4 Å². The number of halogens is 1. The van der Waals surface area contributed by atoms with Gasteiger partial charge in [0.15, 0.2) is 9.84 Å². The first-order valence-corrected chi connectivity index (χ1v) is 12.4. The summed E-state index contributed by atoms with van der Waals surface area (Å²) in [6.45, 7) is 4.33. The van der Waals surface area contributed by atoms with E-state index in [4.69, 9.17) is 0 Å². The number of aromatic nitrogens is 4. The lowest BCUT2D eigenvalue weighted by atomic mass is 10.1. The molecule has 0 radical (unpaired) electrons. The van der Waals surface area contributed by atoms with Gasteiger partial charge in [0.05, 0.1) is 16.6 Å². The number of nitrogens with one attached hydrogen (secondary N) is 1. The summed E-state index contributed by atoms with van der Waals surface area (Å²) >= 11 is 0. The van der Waals surface area contributed by atoms with Crippen LogP contribution in [0.15, 0.2) is 66.1 Å². The van der Waals surface area contributed by atoms with Crippen LogP contribution < -0.4 is 4.90 Å². The number of piperazine rings is 1. The van der Waals surface area contributed by atoms with E-state index in [9.17, 15) is 8.42 Å². The fourth-order valence-corrected chi connectivity index (χ4v) is 4.73. The van der Waals surface area contributed by atoms with E-state index >= 15 is 0 Å². The van der Waals surface area contributed by atoms with Crippen molar-refractivity contribution in [2.24, 2.45) is 0 Å². The van der Waals surface area contributed by atoms with Crippen LogP contribution in [0.5, 0.6) is 0 Å². The van der Waals surface area contributed by atoms with Gasteiger partial charge in [-0.25, -0.2) is 18.4 Å². The SMILES string of the molecule is CS(=O)(=O)c1ccc(CN2CCN(c3ncnc4ccc(-c5cn[nH]c5)cc34)CC2)cc1.Cl.[H-]. The second-order valence-corrected chi connectivity index (χ2v) is 10.1. The number of benzene rings is 2. The number of fused-ring (bicyclic) bond motifs is 1. The highest BCUT2D eigenvalue weighted by molar-refractivity contribution is 7.90. The van der Waals surface area contributed by atoms with Crippen LogP contribution in [0.1, 0.15) is 6.99 Å². The molecule has 0 bridgehead atoms. The molecule has 5 rings (SSSR count). The highest BCUT2D eigenvalue weighted by Gasteiger charge is 2.20. The van der Waals surface area contributed by atoms with Gasteiger partial charge in [-0.2, -0.15) is 5.10 Å². The molecule has 4 aromatic rings. The van der Waals surface area contributed by atoms with Gasteiger partial charge < -0.3 is 6.33 Å². The Labute approximate surface area is 200 Å². The van der Waals surface area contributed by atoms with E-state index in [1.54, 1.807) is 18.5 Å². The van der Waals surface area contributed by atoms with Crippen LogP contribution in [0.4, 0.5) is 5.82 Å². The summed E-state index contributed by atoms with van der Waals surface area (Å²) in [7, 11) is -3.16. The number of hydrogen-bond donors (Lipinski definition) is 1. The van der Waals surface area contributed by atoms with Crippen LogP contribution in [0.2, 0.25) is 0 Å². The molecule has 0 spiro atoms. The molecule has 2 aromatic heterocycles. The Bertz CT molecular complexity index is 1340. The van der Waals surface area contributed by atoms with E-state index in [-0.39, 0.29) is 13.8 Å². The quantitative estimate of drug-likeness (QED) is 0.463. The zero-order valence-corrected chi connectivity index (χ0v) is 19.8. The highest BCUT2D eigenvalue weighted by atomic mass is 35.5. The number of sulfone groups is 1. The Hall–Kier alpha value is -3.01. The molecular formula is C23H26ClN6O2S-. The number of H-pyrrole nitrogens is 1. The smallest absolute Gasteiger partial charge is 0.175 e. The zero-order chi connectivity index (χ0) is 22.1. The molecule has 0 saturated carbocycles. The molecule has 1 aliphatic rings. The number of nitrogens with zero attached hydrogens (tertiary/aromatic N) is 5. The van der Waals surface area contributed by atoms with Gasteiger partial charge in [0.25, 0.3) is 0 Å². The van der Waals surface area contributed by atoms with Gasteiger partial charge in [-0.05, 0) is 35.4 Å². The average molecular weight is 486 g/mol. The summed E-state index contributed by atoms with van der Waals surface area (Å²) in [5.74, 6) is 0.956. The largest absolute Gasteiger partial charge is 1.00 e. The standard InChI is InChI=1S/C23H24N6O2S.ClH.H/c1-32(30,31)20-5-2-17(3-6-20)15-28-8-10-29(11-9-28)23-21-12-18(19-13-26-27-14-19)4-7-22(21)24-16-25-23;;/h2-7,12-14,16H,8-11,15H2,1H3,(H,26,27);1H;/q;;-1. The molecular weight excluding hydrogens is 460 g/mol. The summed E-state index contributed by atoms with van der Waals surface area (Å²) < 4.78 is 23.3. The van der Waals surface area contributed by atoms with Crippen molar-refractivity contribution in [1.82, 2.24) is 25.1 Å². The first kappa shape index (κ1) is 23.2. The molecule has 33 heavy (non-hydrogen) atoms. The fraction of sp³-hybridized carbons (Fsp3) is 0.261. The molecule has 3 heterocycles. The van der Waals surface area contributed by atoms with Crippen molar-refractivity contribution >= 4 is 39.0 Å². The summed E-state index contributed by atoms with van der Waals surface area (Å²) in [5.41, 5.74) is 4.16. The predicted molar refractivity (Wildman–Crippen MR) is 133 cm³/mol. The summed E-state index contributed by atoms with van der Waals surface area (Å²) in [6.07, 6.45) is 6.55. The lowest BCUT2D eigenvalue weighted by Gasteiger charge is -2.35. The maximum atomic E-state index is 11.7.